The van der Waals surface area contributed by atoms with Crippen LogP contribution in [0.1, 0.15) is 13.3 Å². The number of nitrogens with one attached hydrogen (secondary N) is 1. The van der Waals surface area contributed by atoms with Crippen LogP contribution in [0.5, 0.6) is 0 Å². The van der Waals surface area contributed by atoms with Crippen molar-refractivity contribution in [3.63, 3.8) is 0 Å². The summed E-state index contributed by atoms with van der Waals surface area (Å²) in [5.41, 5.74) is 0. The van der Waals surface area contributed by atoms with E-state index >= 15 is 0 Å². The van der Waals surface area contributed by atoms with Crippen LogP contribution in [0.15, 0.2) is 0 Å². The number of hydrogen-bond donors (Lipinski definition) is 5. The minimum absolute atomic E-state index is 0.495. The summed E-state index contributed by atoms with van der Waals surface area (Å²) in [7, 11) is 0. The average Bonchev–Trinajstić information content (AvgIpc) is 2.36. The number of carbonyl (C=O) groups is 1. The molecule has 0 aliphatic carbocycles. The lowest BCUT2D eigenvalue weighted by atomic mass is 9.97. The van der Waals surface area contributed by atoms with Crippen molar-refractivity contribution in [2.24, 2.45) is 0 Å². The van der Waals surface area contributed by atoms with E-state index in [0.717, 1.165) is 0 Å². The van der Waals surface area contributed by atoms with Gasteiger partial charge in [-0.15, -0.1) is 0 Å². The maximum absolute atomic E-state index is 11.3. The van der Waals surface area contributed by atoms with Crippen molar-refractivity contribution in [2.45, 2.75) is 44.0 Å². The lowest BCUT2D eigenvalue weighted by molar-refractivity contribution is -0.253. The highest BCUT2D eigenvalue weighted by atomic mass is 16.6. The number of rotatable bonds is 2. The van der Waals surface area contributed by atoms with Crippen molar-refractivity contribution < 1.29 is 30.0 Å². The summed E-state index contributed by atoms with van der Waals surface area (Å²) in [6.07, 6.45) is -4.96. The molecule has 1 fully saturated rings. The predicted octanol–water partition coefficient (Wildman–Crippen LogP) is -2.68. The molecule has 5 atom stereocenters. The summed E-state index contributed by atoms with van der Waals surface area (Å²) in [5.74, 6) is 4.10. The van der Waals surface area contributed by atoms with Gasteiger partial charge in [-0.05, 0) is 5.92 Å². The van der Waals surface area contributed by atoms with Gasteiger partial charge < -0.3 is 30.5 Å². The molecule has 102 valence electrons. The molecular weight excluding hydrogens is 242 g/mol. The molecule has 0 saturated carbocycles. The largest absolute Gasteiger partial charge is 0.394 e. The first kappa shape index (κ1) is 14.9. The highest BCUT2D eigenvalue weighted by Gasteiger charge is 2.44. The second-order valence-corrected chi connectivity index (χ2v) is 3.88. The Kier molecular flexibility index (Phi) is 5.53. The van der Waals surface area contributed by atoms with Gasteiger partial charge in [-0.3, -0.25) is 4.79 Å². The van der Waals surface area contributed by atoms with Gasteiger partial charge in [0.15, 0.2) is 6.29 Å². The molecule has 0 aromatic carbocycles. The molecule has 0 spiro atoms. The molecule has 0 bridgehead atoms. The van der Waals surface area contributed by atoms with E-state index in [1.54, 1.807) is 6.92 Å². The Bertz CT molecular complexity index is 349. The lowest BCUT2D eigenvalue weighted by Gasteiger charge is -2.39. The van der Waals surface area contributed by atoms with Crippen molar-refractivity contribution >= 4 is 5.91 Å². The van der Waals surface area contributed by atoms with Crippen LogP contribution in [0.3, 0.4) is 0 Å². The summed E-state index contributed by atoms with van der Waals surface area (Å²) >= 11 is 0. The van der Waals surface area contributed by atoms with Gasteiger partial charge in [0.2, 0.25) is 0 Å². The second-order valence-electron chi connectivity index (χ2n) is 3.88. The predicted molar refractivity (Wildman–Crippen MR) is 60.0 cm³/mol. The van der Waals surface area contributed by atoms with E-state index in [-0.39, 0.29) is 0 Å². The summed E-state index contributed by atoms with van der Waals surface area (Å²) in [6, 6.07) is -1.19. The Morgan fingerprint density at radius 2 is 2.00 bits per heavy atom. The van der Waals surface area contributed by atoms with Gasteiger partial charge in [0.05, 0.1) is 6.61 Å². The molecule has 5 N–H and O–H groups in total. The highest BCUT2D eigenvalue weighted by Crippen LogP contribution is 2.19. The molecule has 18 heavy (non-hydrogen) atoms. The Balaban J connectivity index is 2.68. The quantitative estimate of drug-likeness (QED) is 0.345. The van der Waals surface area contributed by atoms with E-state index in [9.17, 15) is 20.1 Å². The average molecular weight is 259 g/mol. The molecule has 0 aromatic rings. The van der Waals surface area contributed by atoms with Crippen molar-refractivity contribution in [3.05, 3.63) is 0 Å². The first-order chi connectivity index (χ1) is 8.51. The minimum atomic E-state index is -1.52. The zero-order valence-electron chi connectivity index (χ0n) is 9.91. The van der Waals surface area contributed by atoms with Gasteiger partial charge in [-0.2, -0.15) is 0 Å². The third-order valence-electron chi connectivity index (χ3n) is 2.58. The van der Waals surface area contributed by atoms with Gasteiger partial charge in [0.1, 0.15) is 24.4 Å². The smallest absolute Gasteiger partial charge is 0.296 e. The molecule has 1 aliphatic rings. The molecule has 1 rings (SSSR count). The van der Waals surface area contributed by atoms with Crippen molar-refractivity contribution in [1.82, 2.24) is 5.32 Å². The SMILES string of the molecule is CCC#CC(=O)N[C@@H]1C(O)O[C@H](CO)[C@@H](O)[C@@H]1O. The molecular formula is C11H17NO6. The van der Waals surface area contributed by atoms with Crippen LogP contribution in [-0.4, -0.2) is 63.6 Å². The van der Waals surface area contributed by atoms with Gasteiger partial charge in [0, 0.05) is 6.42 Å². The van der Waals surface area contributed by atoms with E-state index < -0.39 is 43.2 Å². The van der Waals surface area contributed by atoms with E-state index in [4.69, 9.17) is 9.84 Å². The molecule has 7 heteroatoms. The summed E-state index contributed by atoms with van der Waals surface area (Å²) in [6.45, 7) is 1.22. The van der Waals surface area contributed by atoms with Crippen molar-refractivity contribution in [1.29, 1.82) is 0 Å². The molecule has 1 unspecified atom stereocenters. The van der Waals surface area contributed by atoms with Crippen LogP contribution in [-0.2, 0) is 9.53 Å². The lowest BCUT2D eigenvalue weighted by Crippen LogP contribution is -2.64. The molecule has 7 nitrogen and oxygen atoms in total. The van der Waals surface area contributed by atoms with Crippen LogP contribution in [0.25, 0.3) is 0 Å². The number of hydrogen-bond acceptors (Lipinski definition) is 6. The van der Waals surface area contributed by atoms with Gasteiger partial charge in [-0.1, -0.05) is 12.8 Å². The first-order valence-electron chi connectivity index (χ1n) is 5.61. The molecule has 0 radical (unpaired) electrons. The van der Waals surface area contributed by atoms with Crippen molar-refractivity contribution in [3.8, 4) is 11.8 Å². The molecule has 0 aromatic heterocycles. The monoisotopic (exact) mass is 259 g/mol. The third kappa shape index (κ3) is 3.41. The van der Waals surface area contributed by atoms with Gasteiger partial charge in [-0.25, -0.2) is 0 Å². The van der Waals surface area contributed by atoms with Crippen LogP contribution in [0.4, 0.5) is 0 Å². The fraction of sp³-hybridized carbons (Fsp3) is 0.727. The van der Waals surface area contributed by atoms with Crippen molar-refractivity contribution in [2.75, 3.05) is 6.61 Å². The molecule has 1 saturated heterocycles. The third-order valence-corrected chi connectivity index (χ3v) is 2.58. The Morgan fingerprint density at radius 3 is 2.56 bits per heavy atom. The number of amides is 1. The van der Waals surface area contributed by atoms with E-state index in [2.05, 4.69) is 17.2 Å². The number of carbonyl (C=O) groups excluding carboxylic acids is 1. The topological polar surface area (TPSA) is 119 Å². The fourth-order valence-electron chi connectivity index (χ4n) is 1.61. The number of aliphatic hydroxyl groups excluding tert-OH is 4. The summed E-state index contributed by atoms with van der Waals surface area (Å²) in [4.78, 5) is 11.3. The molecule has 1 aliphatic heterocycles. The van der Waals surface area contributed by atoms with Crippen LogP contribution >= 0.6 is 0 Å². The Hall–Kier alpha value is -1.17. The zero-order valence-corrected chi connectivity index (χ0v) is 9.91. The van der Waals surface area contributed by atoms with Crippen LogP contribution < -0.4 is 5.32 Å². The maximum atomic E-state index is 11.3. The second kappa shape index (κ2) is 6.68. The van der Waals surface area contributed by atoms with Gasteiger partial charge in [0.25, 0.3) is 5.91 Å². The Labute approximate surface area is 104 Å². The van der Waals surface area contributed by atoms with Crippen LogP contribution in [0, 0.1) is 11.8 Å². The van der Waals surface area contributed by atoms with E-state index in [0.29, 0.717) is 6.42 Å². The zero-order chi connectivity index (χ0) is 13.7. The van der Waals surface area contributed by atoms with E-state index in [1.807, 2.05) is 0 Å². The Morgan fingerprint density at radius 1 is 1.33 bits per heavy atom. The minimum Gasteiger partial charge on any atom is -0.394 e. The number of ether oxygens (including phenoxy) is 1. The summed E-state index contributed by atoms with van der Waals surface area (Å²) < 4.78 is 4.87. The molecule has 1 amide bonds. The highest BCUT2D eigenvalue weighted by molar-refractivity contribution is 5.93. The van der Waals surface area contributed by atoms with Crippen LogP contribution in [0.2, 0.25) is 0 Å². The standard InChI is InChI=1S/C11H17NO6/c1-2-3-4-7(14)12-8-10(16)9(15)6(5-13)18-11(8)17/h6,8-11,13,15-17H,2,5H2,1H3,(H,12,14)/t6-,8+,9-,10-,11?/m1/s1. The number of aliphatic hydroxyl groups is 4. The first-order valence-corrected chi connectivity index (χ1v) is 5.61. The molecule has 1 heterocycles. The normalized spacial score (nSPS) is 35.5. The fourth-order valence-corrected chi connectivity index (χ4v) is 1.61. The van der Waals surface area contributed by atoms with E-state index in [1.165, 1.54) is 0 Å². The van der Waals surface area contributed by atoms with Gasteiger partial charge >= 0.3 is 0 Å². The summed E-state index contributed by atoms with van der Waals surface area (Å²) in [5, 5.41) is 40.0. The maximum Gasteiger partial charge on any atom is 0.296 e.